The van der Waals surface area contributed by atoms with Crippen LogP contribution in [0.5, 0.6) is 0 Å². The number of sulfone groups is 1. The fourth-order valence-electron chi connectivity index (χ4n) is 2.10. The molecule has 2 nitrogen and oxygen atoms in total. The molecule has 0 bridgehead atoms. The van der Waals surface area contributed by atoms with Crippen molar-refractivity contribution in [2.75, 3.05) is 16.8 Å². The van der Waals surface area contributed by atoms with Gasteiger partial charge in [0.15, 0.2) is 9.84 Å². The quantitative estimate of drug-likeness (QED) is 0.727. The van der Waals surface area contributed by atoms with Gasteiger partial charge in [-0.1, -0.05) is 35.7 Å². The third-order valence-corrected chi connectivity index (χ3v) is 5.69. The van der Waals surface area contributed by atoms with Gasteiger partial charge in [0.1, 0.15) is 0 Å². The average molecular weight is 283 g/mol. The highest BCUT2D eigenvalue weighted by atomic mass is 79.9. The van der Waals surface area contributed by atoms with Gasteiger partial charge >= 0.3 is 0 Å². The zero-order chi connectivity index (χ0) is 10.6. The van der Waals surface area contributed by atoms with E-state index in [4.69, 9.17) is 0 Å². The summed E-state index contributed by atoms with van der Waals surface area (Å²) in [5, 5.41) is 0.952. The molecule has 0 spiro atoms. The maximum atomic E-state index is 11.3. The Morgan fingerprint density at radius 3 is 2.64 bits per heavy atom. The summed E-state index contributed by atoms with van der Waals surface area (Å²) in [5.41, 5.74) is 0. The SMILES string of the molecule is CCCCC(CBr)C1CCS(=O)(=O)C1. The van der Waals surface area contributed by atoms with E-state index in [1.54, 1.807) is 0 Å². The van der Waals surface area contributed by atoms with E-state index in [0.717, 1.165) is 11.8 Å². The smallest absolute Gasteiger partial charge is 0.150 e. The van der Waals surface area contributed by atoms with Gasteiger partial charge < -0.3 is 0 Å². The Morgan fingerprint density at radius 1 is 1.50 bits per heavy atom. The first kappa shape index (κ1) is 12.5. The van der Waals surface area contributed by atoms with Gasteiger partial charge in [-0.2, -0.15) is 0 Å². The van der Waals surface area contributed by atoms with Crippen molar-refractivity contribution in [3.63, 3.8) is 0 Å². The van der Waals surface area contributed by atoms with Crippen LogP contribution in [0.25, 0.3) is 0 Å². The summed E-state index contributed by atoms with van der Waals surface area (Å²) < 4.78 is 22.6. The summed E-state index contributed by atoms with van der Waals surface area (Å²) in [7, 11) is -2.70. The van der Waals surface area contributed by atoms with Crippen molar-refractivity contribution in [3.05, 3.63) is 0 Å². The molecule has 1 fully saturated rings. The van der Waals surface area contributed by atoms with E-state index in [1.165, 1.54) is 19.3 Å². The van der Waals surface area contributed by atoms with Crippen LogP contribution in [0, 0.1) is 11.8 Å². The van der Waals surface area contributed by atoms with Gasteiger partial charge in [0.2, 0.25) is 0 Å². The van der Waals surface area contributed by atoms with Crippen LogP contribution in [0.3, 0.4) is 0 Å². The third kappa shape index (κ3) is 3.54. The predicted octanol–water partition coefficient (Wildman–Crippen LogP) is 2.62. The first-order valence-corrected chi connectivity index (χ1v) is 8.29. The van der Waals surface area contributed by atoms with Gasteiger partial charge in [-0.25, -0.2) is 8.42 Å². The highest BCUT2D eigenvalue weighted by Gasteiger charge is 2.32. The molecule has 1 aliphatic rings. The van der Waals surface area contributed by atoms with Crippen LogP contribution in [0.1, 0.15) is 32.6 Å². The molecule has 1 saturated heterocycles. The van der Waals surface area contributed by atoms with Crippen LogP contribution < -0.4 is 0 Å². The molecule has 84 valence electrons. The molecule has 0 aromatic heterocycles. The Kier molecular flexibility index (Phi) is 4.91. The minimum Gasteiger partial charge on any atom is -0.229 e. The summed E-state index contributed by atoms with van der Waals surface area (Å²) in [4.78, 5) is 0. The lowest BCUT2D eigenvalue weighted by atomic mass is 9.89. The molecule has 0 N–H and O–H groups in total. The summed E-state index contributed by atoms with van der Waals surface area (Å²) in [5.74, 6) is 1.80. The van der Waals surface area contributed by atoms with Crippen molar-refractivity contribution < 1.29 is 8.42 Å². The number of hydrogen-bond acceptors (Lipinski definition) is 2. The predicted molar refractivity (Wildman–Crippen MR) is 63.6 cm³/mol. The van der Waals surface area contributed by atoms with Crippen LogP contribution in [-0.4, -0.2) is 25.3 Å². The number of unbranched alkanes of at least 4 members (excludes halogenated alkanes) is 1. The number of rotatable bonds is 5. The lowest BCUT2D eigenvalue weighted by Crippen LogP contribution is -2.17. The van der Waals surface area contributed by atoms with Crippen LogP contribution in [0.2, 0.25) is 0 Å². The van der Waals surface area contributed by atoms with Crippen molar-refractivity contribution in [1.82, 2.24) is 0 Å². The molecule has 0 saturated carbocycles. The van der Waals surface area contributed by atoms with E-state index in [9.17, 15) is 8.42 Å². The molecular weight excluding hydrogens is 264 g/mol. The van der Waals surface area contributed by atoms with E-state index in [2.05, 4.69) is 22.9 Å². The fourth-order valence-corrected chi connectivity index (χ4v) is 4.87. The summed E-state index contributed by atoms with van der Waals surface area (Å²) >= 11 is 3.50. The van der Waals surface area contributed by atoms with Crippen molar-refractivity contribution in [3.8, 4) is 0 Å². The topological polar surface area (TPSA) is 34.1 Å². The number of halogens is 1. The Balaban J connectivity index is 2.46. The maximum Gasteiger partial charge on any atom is 0.150 e. The van der Waals surface area contributed by atoms with Crippen LogP contribution >= 0.6 is 15.9 Å². The molecule has 0 aliphatic carbocycles. The van der Waals surface area contributed by atoms with E-state index in [-0.39, 0.29) is 0 Å². The minimum atomic E-state index is -2.70. The van der Waals surface area contributed by atoms with Crippen molar-refractivity contribution >= 4 is 25.8 Å². The second kappa shape index (κ2) is 5.50. The molecule has 0 amide bonds. The molecule has 4 heteroatoms. The summed E-state index contributed by atoms with van der Waals surface area (Å²) in [6, 6.07) is 0. The maximum absolute atomic E-state index is 11.3. The Hall–Kier alpha value is 0.430. The van der Waals surface area contributed by atoms with E-state index in [1.807, 2.05) is 0 Å². The number of alkyl halides is 1. The second-order valence-corrected chi connectivity index (χ2v) is 7.10. The molecule has 0 radical (unpaired) electrons. The average Bonchev–Trinajstić information content (AvgIpc) is 2.48. The Morgan fingerprint density at radius 2 is 2.21 bits per heavy atom. The lowest BCUT2D eigenvalue weighted by molar-refractivity contribution is 0.370. The van der Waals surface area contributed by atoms with Crippen molar-refractivity contribution in [2.45, 2.75) is 32.6 Å². The first-order valence-electron chi connectivity index (χ1n) is 5.35. The third-order valence-electron chi connectivity index (χ3n) is 3.06. The Labute approximate surface area is 95.5 Å². The van der Waals surface area contributed by atoms with E-state index >= 15 is 0 Å². The van der Waals surface area contributed by atoms with Gasteiger partial charge in [-0.15, -0.1) is 0 Å². The van der Waals surface area contributed by atoms with E-state index < -0.39 is 9.84 Å². The standard InChI is InChI=1S/C10H19BrO2S/c1-2-3-4-9(7-11)10-5-6-14(12,13)8-10/h9-10H,2-8H2,1H3. The zero-order valence-electron chi connectivity index (χ0n) is 8.71. The van der Waals surface area contributed by atoms with Crippen molar-refractivity contribution in [1.29, 1.82) is 0 Å². The molecule has 2 atom stereocenters. The van der Waals surface area contributed by atoms with E-state index in [0.29, 0.717) is 23.3 Å². The summed E-state index contributed by atoms with van der Waals surface area (Å²) in [6.45, 7) is 2.18. The molecule has 1 heterocycles. The van der Waals surface area contributed by atoms with Gasteiger partial charge in [-0.3, -0.25) is 0 Å². The Bertz CT molecular complexity index is 261. The van der Waals surface area contributed by atoms with Gasteiger partial charge in [0, 0.05) is 5.33 Å². The largest absolute Gasteiger partial charge is 0.229 e. The minimum absolute atomic E-state index is 0.408. The molecule has 0 aromatic carbocycles. The molecule has 0 aromatic rings. The lowest BCUT2D eigenvalue weighted by Gasteiger charge is -2.19. The van der Waals surface area contributed by atoms with Crippen LogP contribution in [0.15, 0.2) is 0 Å². The van der Waals surface area contributed by atoms with Crippen LogP contribution in [-0.2, 0) is 9.84 Å². The highest BCUT2D eigenvalue weighted by Crippen LogP contribution is 2.30. The molecule has 1 rings (SSSR count). The highest BCUT2D eigenvalue weighted by molar-refractivity contribution is 9.09. The molecule has 2 unspecified atom stereocenters. The van der Waals surface area contributed by atoms with Gasteiger partial charge in [0.05, 0.1) is 11.5 Å². The molecular formula is C10H19BrO2S. The van der Waals surface area contributed by atoms with Gasteiger partial charge in [0.25, 0.3) is 0 Å². The first-order chi connectivity index (χ1) is 6.59. The van der Waals surface area contributed by atoms with Crippen molar-refractivity contribution in [2.24, 2.45) is 11.8 Å². The van der Waals surface area contributed by atoms with Gasteiger partial charge in [-0.05, 0) is 24.7 Å². The molecule has 14 heavy (non-hydrogen) atoms. The molecule has 1 aliphatic heterocycles. The normalized spacial score (nSPS) is 27.7. The fraction of sp³-hybridized carbons (Fsp3) is 1.00. The summed E-state index contributed by atoms with van der Waals surface area (Å²) in [6.07, 6.45) is 4.46. The van der Waals surface area contributed by atoms with Crippen LogP contribution in [0.4, 0.5) is 0 Å². The number of hydrogen-bond donors (Lipinski definition) is 0. The monoisotopic (exact) mass is 282 g/mol. The zero-order valence-corrected chi connectivity index (χ0v) is 11.1. The second-order valence-electron chi connectivity index (χ2n) is 4.22.